The average molecular weight is 362 g/mol. The lowest BCUT2D eigenvalue weighted by Gasteiger charge is -2.26. The molecule has 6 nitrogen and oxygen atoms in total. The van der Waals surface area contributed by atoms with Crippen LogP contribution >= 0.6 is 0 Å². The van der Waals surface area contributed by atoms with Crippen LogP contribution in [-0.2, 0) is 4.79 Å². The van der Waals surface area contributed by atoms with E-state index in [1.54, 1.807) is 0 Å². The summed E-state index contributed by atoms with van der Waals surface area (Å²) in [6, 6.07) is 5.40. The van der Waals surface area contributed by atoms with E-state index in [9.17, 15) is 14.7 Å². The number of amides is 3. The number of aryl methyl sites for hydroxylation is 2. The van der Waals surface area contributed by atoms with Gasteiger partial charge in [-0.2, -0.15) is 0 Å². The Hall–Kier alpha value is -2.08. The number of rotatable bonds is 9. The van der Waals surface area contributed by atoms with E-state index in [1.807, 2.05) is 45.9 Å². The lowest BCUT2D eigenvalue weighted by Crippen LogP contribution is -2.47. The molecule has 0 unspecified atom stereocenters. The lowest BCUT2D eigenvalue weighted by molar-refractivity contribution is -0.133. The minimum Gasteiger partial charge on any atom is -0.490 e. The average Bonchev–Trinajstić information content (AvgIpc) is 2.79. The highest BCUT2D eigenvalue weighted by atomic mass is 16.5. The number of aliphatic hydroxyl groups is 1. The molecule has 1 aromatic rings. The predicted molar refractivity (Wildman–Crippen MR) is 100 cm³/mol. The Morgan fingerprint density at radius 2 is 1.73 bits per heavy atom. The quantitative estimate of drug-likeness (QED) is 0.662. The van der Waals surface area contributed by atoms with Crippen molar-refractivity contribution in [3.8, 4) is 5.75 Å². The van der Waals surface area contributed by atoms with Gasteiger partial charge in [-0.1, -0.05) is 44.9 Å². The minimum atomic E-state index is -0.942. The van der Waals surface area contributed by atoms with Crippen molar-refractivity contribution in [2.24, 2.45) is 0 Å². The summed E-state index contributed by atoms with van der Waals surface area (Å²) >= 11 is 0. The van der Waals surface area contributed by atoms with Crippen molar-refractivity contribution in [2.45, 2.75) is 65.0 Å². The molecule has 0 aromatic heterocycles. The van der Waals surface area contributed by atoms with Gasteiger partial charge >= 0.3 is 6.03 Å². The molecule has 0 spiro atoms. The first kappa shape index (κ1) is 20.2. The van der Waals surface area contributed by atoms with Gasteiger partial charge in [-0.05, 0) is 37.8 Å². The van der Waals surface area contributed by atoms with Crippen LogP contribution < -0.4 is 10.1 Å². The standard InChI is InChI=1S/C20H30N2O4/c1-5-10-20(11-6-2)18(24)22(19(25)21-20)12-16(23)13-26-17-14(3)8-7-9-15(17)4/h7-9,16,23H,5-6,10-13H2,1-4H3,(H,21,25)/t16-/m1/s1. The van der Waals surface area contributed by atoms with Crippen LogP contribution in [0.4, 0.5) is 4.79 Å². The molecule has 6 heteroatoms. The molecule has 0 bridgehead atoms. The fourth-order valence-corrected chi connectivity index (χ4v) is 3.63. The highest BCUT2D eigenvalue weighted by Crippen LogP contribution is 2.28. The van der Waals surface area contributed by atoms with Crippen LogP contribution in [0.1, 0.15) is 50.7 Å². The Bertz CT molecular complexity index is 633. The van der Waals surface area contributed by atoms with Gasteiger partial charge in [-0.3, -0.25) is 9.69 Å². The number of hydrogen-bond acceptors (Lipinski definition) is 4. The molecule has 1 saturated heterocycles. The Labute approximate surface area is 155 Å². The molecule has 1 aromatic carbocycles. The number of β-amino-alcohol motifs (C(OH)–C–C–N with tert-alkyl or cyclic N) is 1. The van der Waals surface area contributed by atoms with E-state index in [0.29, 0.717) is 12.8 Å². The summed E-state index contributed by atoms with van der Waals surface area (Å²) in [6.07, 6.45) is 1.88. The number of ether oxygens (including phenoxy) is 1. The molecular weight excluding hydrogens is 332 g/mol. The van der Waals surface area contributed by atoms with Gasteiger partial charge in [0.15, 0.2) is 0 Å². The molecule has 1 fully saturated rings. The Balaban J connectivity index is 2.01. The van der Waals surface area contributed by atoms with Gasteiger partial charge in [-0.25, -0.2) is 4.79 Å². The maximum Gasteiger partial charge on any atom is 0.325 e. The van der Waals surface area contributed by atoms with Crippen molar-refractivity contribution in [1.29, 1.82) is 0 Å². The smallest absolute Gasteiger partial charge is 0.325 e. The van der Waals surface area contributed by atoms with Crippen molar-refractivity contribution < 1.29 is 19.4 Å². The van der Waals surface area contributed by atoms with Crippen molar-refractivity contribution in [1.82, 2.24) is 10.2 Å². The van der Waals surface area contributed by atoms with Crippen LogP contribution in [0.15, 0.2) is 18.2 Å². The largest absolute Gasteiger partial charge is 0.490 e. The maximum absolute atomic E-state index is 12.8. The number of hydrogen-bond donors (Lipinski definition) is 2. The number of nitrogens with one attached hydrogen (secondary N) is 1. The molecule has 2 rings (SSSR count). The predicted octanol–water partition coefficient (Wildman–Crippen LogP) is 2.93. The molecule has 1 aliphatic heterocycles. The van der Waals surface area contributed by atoms with E-state index in [0.717, 1.165) is 34.6 Å². The van der Waals surface area contributed by atoms with Crippen molar-refractivity contribution in [3.63, 3.8) is 0 Å². The zero-order valence-electron chi connectivity index (χ0n) is 16.2. The lowest BCUT2D eigenvalue weighted by atomic mass is 9.88. The molecule has 3 amide bonds. The normalized spacial score (nSPS) is 17.3. The van der Waals surface area contributed by atoms with Gasteiger partial charge in [0.25, 0.3) is 5.91 Å². The highest BCUT2D eigenvalue weighted by molar-refractivity contribution is 6.07. The van der Waals surface area contributed by atoms with E-state index in [-0.39, 0.29) is 19.1 Å². The second kappa shape index (κ2) is 8.54. The molecular formula is C20H30N2O4. The number of para-hydroxylation sites is 1. The molecule has 26 heavy (non-hydrogen) atoms. The van der Waals surface area contributed by atoms with E-state index in [4.69, 9.17) is 4.74 Å². The molecule has 0 aliphatic carbocycles. The molecule has 1 heterocycles. The van der Waals surface area contributed by atoms with Gasteiger partial charge in [0.1, 0.15) is 24.0 Å². The van der Waals surface area contributed by atoms with Crippen LogP contribution in [0.25, 0.3) is 0 Å². The summed E-state index contributed by atoms with van der Waals surface area (Å²) in [4.78, 5) is 26.3. The van der Waals surface area contributed by atoms with Gasteiger partial charge in [0, 0.05) is 0 Å². The number of carbonyl (C=O) groups is 2. The van der Waals surface area contributed by atoms with Crippen LogP contribution in [0.2, 0.25) is 0 Å². The van der Waals surface area contributed by atoms with E-state index in [2.05, 4.69) is 5.32 Å². The summed E-state index contributed by atoms with van der Waals surface area (Å²) in [6.45, 7) is 7.83. The number of carbonyl (C=O) groups excluding carboxylic acids is 2. The van der Waals surface area contributed by atoms with Crippen LogP contribution in [0.3, 0.4) is 0 Å². The zero-order chi connectivity index (χ0) is 19.3. The van der Waals surface area contributed by atoms with E-state index in [1.165, 1.54) is 0 Å². The number of urea groups is 1. The van der Waals surface area contributed by atoms with E-state index < -0.39 is 17.7 Å². The van der Waals surface area contributed by atoms with Gasteiger partial charge in [0.05, 0.1) is 6.54 Å². The number of imide groups is 1. The molecule has 1 aliphatic rings. The second-order valence-electron chi connectivity index (χ2n) is 7.11. The third kappa shape index (κ3) is 4.18. The monoisotopic (exact) mass is 362 g/mol. The number of aliphatic hydroxyl groups excluding tert-OH is 1. The topological polar surface area (TPSA) is 78.9 Å². The van der Waals surface area contributed by atoms with Crippen LogP contribution in [0, 0.1) is 13.8 Å². The van der Waals surface area contributed by atoms with Crippen molar-refractivity contribution in [3.05, 3.63) is 29.3 Å². The van der Waals surface area contributed by atoms with Gasteiger partial charge in [0.2, 0.25) is 0 Å². The van der Waals surface area contributed by atoms with E-state index >= 15 is 0 Å². The van der Waals surface area contributed by atoms with Crippen LogP contribution in [-0.4, -0.2) is 46.7 Å². The first-order valence-corrected chi connectivity index (χ1v) is 9.35. The summed E-state index contributed by atoms with van der Waals surface area (Å²) in [5.41, 5.74) is 1.14. The molecule has 0 saturated carbocycles. The highest BCUT2D eigenvalue weighted by Gasteiger charge is 2.50. The minimum absolute atomic E-state index is 0.0251. The van der Waals surface area contributed by atoms with Gasteiger partial charge < -0.3 is 15.2 Å². The first-order valence-electron chi connectivity index (χ1n) is 9.35. The summed E-state index contributed by atoms with van der Waals surface area (Å²) < 4.78 is 5.74. The molecule has 2 N–H and O–H groups in total. The molecule has 1 atom stereocenters. The Kier molecular flexibility index (Phi) is 6.64. The second-order valence-corrected chi connectivity index (χ2v) is 7.11. The summed E-state index contributed by atoms with van der Waals surface area (Å²) in [5, 5.41) is 13.2. The van der Waals surface area contributed by atoms with Crippen molar-refractivity contribution in [2.75, 3.05) is 13.2 Å². The number of nitrogens with zero attached hydrogens (tertiary/aromatic N) is 1. The number of benzene rings is 1. The SMILES string of the molecule is CCCC1(CCC)NC(=O)N(C[C@@H](O)COc2c(C)cccc2C)C1=O. The third-order valence-electron chi connectivity index (χ3n) is 4.82. The fourth-order valence-electron chi connectivity index (χ4n) is 3.63. The van der Waals surface area contributed by atoms with Crippen LogP contribution in [0.5, 0.6) is 5.75 Å². The first-order chi connectivity index (χ1) is 12.3. The van der Waals surface area contributed by atoms with Gasteiger partial charge in [-0.15, -0.1) is 0 Å². The summed E-state index contributed by atoms with van der Waals surface area (Å²) in [5.74, 6) is 0.493. The molecule has 144 valence electrons. The molecule has 0 radical (unpaired) electrons. The Morgan fingerprint density at radius 1 is 1.15 bits per heavy atom. The Morgan fingerprint density at radius 3 is 2.27 bits per heavy atom. The fraction of sp³-hybridized carbons (Fsp3) is 0.600. The van der Waals surface area contributed by atoms with Crippen molar-refractivity contribution >= 4 is 11.9 Å². The third-order valence-corrected chi connectivity index (χ3v) is 4.82. The maximum atomic E-state index is 12.8. The summed E-state index contributed by atoms with van der Waals surface area (Å²) in [7, 11) is 0. The zero-order valence-corrected chi connectivity index (χ0v) is 16.2.